The SMILES string of the molecule is Cc1sc2ncn(CCC(=O)Nc3ccc(S(=O)(=O)N4CCOCC4)cc3)c(=O)c2c1C. The fourth-order valence-corrected chi connectivity index (χ4v) is 5.92. The molecule has 1 aromatic carbocycles. The lowest BCUT2D eigenvalue weighted by molar-refractivity contribution is -0.116. The van der Waals surface area contributed by atoms with Gasteiger partial charge in [-0.25, -0.2) is 13.4 Å². The van der Waals surface area contributed by atoms with Crippen LogP contribution in [0.4, 0.5) is 5.69 Å². The molecule has 1 saturated heterocycles. The van der Waals surface area contributed by atoms with E-state index in [0.29, 0.717) is 42.2 Å². The molecule has 32 heavy (non-hydrogen) atoms. The summed E-state index contributed by atoms with van der Waals surface area (Å²) < 4.78 is 33.4. The van der Waals surface area contributed by atoms with Crippen molar-refractivity contribution in [3.05, 3.63) is 51.4 Å². The van der Waals surface area contributed by atoms with Crippen LogP contribution >= 0.6 is 11.3 Å². The van der Waals surface area contributed by atoms with Gasteiger partial charge in [0.15, 0.2) is 0 Å². The number of nitrogens with zero attached hydrogens (tertiary/aromatic N) is 3. The van der Waals surface area contributed by atoms with Crippen molar-refractivity contribution in [1.29, 1.82) is 0 Å². The molecular formula is C21H24N4O5S2. The van der Waals surface area contributed by atoms with Crippen LogP contribution in [-0.4, -0.2) is 54.5 Å². The molecule has 9 nitrogen and oxygen atoms in total. The molecule has 1 N–H and O–H groups in total. The number of rotatable bonds is 6. The van der Waals surface area contributed by atoms with Gasteiger partial charge in [-0.15, -0.1) is 11.3 Å². The molecule has 1 amide bonds. The Labute approximate surface area is 189 Å². The molecule has 3 aromatic rings. The topological polar surface area (TPSA) is 111 Å². The maximum Gasteiger partial charge on any atom is 0.262 e. The summed E-state index contributed by atoms with van der Waals surface area (Å²) >= 11 is 1.48. The van der Waals surface area contributed by atoms with E-state index in [-0.39, 0.29) is 29.3 Å². The molecule has 1 aliphatic rings. The minimum Gasteiger partial charge on any atom is -0.379 e. The van der Waals surface area contributed by atoms with E-state index >= 15 is 0 Å². The van der Waals surface area contributed by atoms with Gasteiger partial charge in [0.25, 0.3) is 5.56 Å². The third kappa shape index (κ3) is 4.46. The van der Waals surface area contributed by atoms with Crippen molar-refractivity contribution < 1.29 is 17.9 Å². The normalized spacial score (nSPS) is 15.2. The number of thiophene rings is 1. The number of benzene rings is 1. The van der Waals surface area contributed by atoms with Gasteiger partial charge in [-0.3, -0.25) is 14.2 Å². The molecule has 3 heterocycles. The summed E-state index contributed by atoms with van der Waals surface area (Å²) in [7, 11) is -3.58. The molecule has 11 heteroatoms. The van der Waals surface area contributed by atoms with E-state index in [0.717, 1.165) is 10.4 Å². The van der Waals surface area contributed by atoms with Crippen LogP contribution in [0.25, 0.3) is 10.2 Å². The number of aromatic nitrogens is 2. The third-order valence-corrected chi connectivity index (χ3v) is 8.51. The second-order valence-corrected chi connectivity index (χ2v) is 10.7. The van der Waals surface area contributed by atoms with E-state index in [2.05, 4.69) is 10.3 Å². The van der Waals surface area contributed by atoms with Gasteiger partial charge in [-0.1, -0.05) is 0 Å². The highest BCUT2D eigenvalue weighted by molar-refractivity contribution is 7.89. The Kier molecular flexibility index (Phi) is 6.42. The van der Waals surface area contributed by atoms with E-state index in [4.69, 9.17) is 4.74 Å². The molecule has 0 bridgehead atoms. The van der Waals surface area contributed by atoms with E-state index in [9.17, 15) is 18.0 Å². The maximum atomic E-state index is 12.7. The number of aryl methyl sites for hydroxylation is 3. The molecule has 170 valence electrons. The van der Waals surface area contributed by atoms with Gasteiger partial charge in [0.05, 0.1) is 29.8 Å². The largest absolute Gasteiger partial charge is 0.379 e. The Morgan fingerprint density at radius 3 is 2.56 bits per heavy atom. The number of fused-ring (bicyclic) bond motifs is 1. The second kappa shape index (κ2) is 9.10. The van der Waals surface area contributed by atoms with Gasteiger partial charge in [0.1, 0.15) is 4.83 Å². The lowest BCUT2D eigenvalue weighted by Gasteiger charge is -2.26. The number of morpholine rings is 1. The number of carbonyl (C=O) groups excluding carboxylic acids is 1. The first-order chi connectivity index (χ1) is 15.3. The first-order valence-electron chi connectivity index (χ1n) is 10.2. The highest BCUT2D eigenvalue weighted by Gasteiger charge is 2.26. The Bertz CT molecular complexity index is 1310. The van der Waals surface area contributed by atoms with Crippen LogP contribution in [0.1, 0.15) is 16.9 Å². The Balaban J connectivity index is 1.39. The fourth-order valence-electron chi connectivity index (χ4n) is 3.52. The minimum absolute atomic E-state index is 0.0864. The summed E-state index contributed by atoms with van der Waals surface area (Å²) in [5.74, 6) is -0.279. The third-order valence-electron chi connectivity index (χ3n) is 5.48. The smallest absolute Gasteiger partial charge is 0.262 e. The molecular weight excluding hydrogens is 452 g/mol. The van der Waals surface area contributed by atoms with Crippen LogP contribution in [0.3, 0.4) is 0 Å². The quantitative estimate of drug-likeness (QED) is 0.584. The van der Waals surface area contributed by atoms with Crippen molar-refractivity contribution in [2.24, 2.45) is 0 Å². The predicted octanol–water partition coefficient (Wildman–Crippen LogP) is 2.12. The van der Waals surface area contributed by atoms with Gasteiger partial charge in [-0.05, 0) is 43.7 Å². The van der Waals surface area contributed by atoms with E-state index in [1.807, 2.05) is 13.8 Å². The summed E-state index contributed by atoms with van der Waals surface area (Å²) in [6.45, 7) is 5.46. The second-order valence-electron chi connectivity index (χ2n) is 7.55. The van der Waals surface area contributed by atoms with Crippen molar-refractivity contribution in [2.75, 3.05) is 31.6 Å². The van der Waals surface area contributed by atoms with Gasteiger partial charge in [0.2, 0.25) is 15.9 Å². The number of amides is 1. The summed E-state index contributed by atoms with van der Waals surface area (Å²) in [6, 6.07) is 6.07. The zero-order valence-corrected chi connectivity index (χ0v) is 19.5. The molecule has 0 aliphatic carbocycles. The average Bonchev–Trinajstić information content (AvgIpc) is 3.08. The van der Waals surface area contributed by atoms with Gasteiger partial charge in [0, 0.05) is 36.6 Å². The number of hydrogen-bond acceptors (Lipinski definition) is 7. The number of sulfonamides is 1. The van der Waals surface area contributed by atoms with Crippen LogP contribution in [0.15, 0.2) is 40.3 Å². The number of nitrogens with one attached hydrogen (secondary N) is 1. The molecule has 0 radical (unpaired) electrons. The average molecular weight is 477 g/mol. The molecule has 2 aromatic heterocycles. The van der Waals surface area contributed by atoms with Crippen LogP contribution in [0, 0.1) is 13.8 Å². The van der Waals surface area contributed by atoms with Crippen molar-refractivity contribution in [3.8, 4) is 0 Å². The lowest BCUT2D eigenvalue weighted by Crippen LogP contribution is -2.40. The van der Waals surface area contributed by atoms with Crippen molar-refractivity contribution in [1.82, 2.24) is 13.9 Å². The van der Waals surface area contributed by atoms with Crippen molar-refractivity contribution in [3.63, 3.8) is 0 Å². The standard InChI is InChI=1S/C21H24N4O5S2/c1-14-15(2)31-20-19(14)21(27)24(13-22-20)8-7-18(26)23-16-3-5-17(6-4-16)32(28,29)25-9-11-30-12-10-25/h3-6,13H,7-12H2,1-2H3,(H,23,26). The van der Waals surface area contributed by atoms with Gasteiger partial charge < -0.3 is 10.1 Å². The molecule has 4 rings (SSSR count). The molecule has 0 atom stereocenters. The number of carbonyl (C=O) groups is 1. The summed E-state index contributed by atoms with van der Waals surface area (Å²) in [5, 5.41) is 3.35. The summed E-state index contributed by atoms with van der Waals surface area (Å²) in [4.78, 5) is 31.4. The van der Waals surface area contributed by atoms with Gasteiger partial charge >= 0.3 is 0 Å². The minimum atomic E-state index is -3.58. The predicted molar refractivity (Wildman–Crippen MR) is 123 cm³/mol. The lowest BCUT2D eigenvalue weighted by atomic mass is 10.2. The number of ether oxygens (including phenoxy) is 1. The fraction of sp³-hybridized carbons (Fsp3) is 0.381. The van der Waals surface area contributed by atoms with Crippen LogP contribution in [-0.2, 0) is 26.1 Å². The summed E-state index contributed by atoms with van der Waals surface area (Å²) in [6.07, 6.45) is 1.56. The summed E-state index contributed by atoms with van der Waals surface area (Å²) in [5.41, 5.74) is 1.26. The van der Waals surface area contributed by atoms with E-state index in [1.54, 1.807) is 12.1 Å². The number of anilines is 1. The van der Waals surface area contributed by atoms with E-state index in [1.165, 1.54) is 38.7 Å². The molecule has 1 aliphatic heterocycles. The van der Waals surface area contributed by atoms with Crippen molar-refractivity contribution in [2.45, 2.75) is 31.7 Å². The number of hydrogen-bond donors (Lipinski definition) is 1. The Morgan fingerprint density at radius 2 is 1.88 bits per heavy atom. The molecule has 0 saturated carbocycles. The molecule has 0 spiro atoms. The Hall–Kier alpha value is -2.60. The highest BCUT2D eigenvalue weighted by atomic mass is 32.2. The van der Waals surface area contributed by atoms with Crippen LogP contribution in [0.5, 0.6) is 0 Å². The maximum absolute atomic E-state index is 12.7. The zero-order valence-electron chi connectivity index (χ0n) is 17.8. The molecule has 0 unspecified atom stereocenters. The Morgan fingerprint density at radius 1 is 1.19 bits per heavy atom. The van der Waals surface area contributed by atoms with Crippen LogP contribution < -0.4 is 10.9 Å². The first-order valence-corrected chi connectivity index (χ1v) is 12.5. The van der Waals surface area contributed by atoms with E-state index < -0.39 is 10.0 Å². The van der Waals surface area contributed by atoms with Gasteiger partial charge in [-0.2, -0.15) is 4.31 Å². The monoisotopic (exact) mass is 476 g/mol. The van der Waals surface area contributed by atoms with Crippen molar-refractivity contribution >= 4 is 43.2 Å². The zero-order chi connectivity index (χ0) is 22.9. The first kappa shape index (κ1) is 22.6. The molecule has 1 fully saturated rings. The van der Waals surface area contributed by atoms with Crippen LogP contribution in [0.2, 0.25) is 0 Å². The highest BCUT2D eigenvalue weighted by Crippen LogP contribution is 2.25.